The smallest absolute Gasteiger partial charge is 0.00680 e. The van der Waals surface area contributed by atoms with Gasteiger partial charge in [0.25, 0.3) is 0 Å². The van der Waals surface area contributed by atoms with Crippen molar-refractivity contribution in [2.45, 2.75) is 51.0 Å². The van der Waals surface area contributed by atoms with Gasteiger partial charge in [-0.1, -0.05) is 6.42 Å². The molecule has 0 amide bonds. The van der Waals surface area contributed by atoms with Crippen molar-refractivity contribution >= 4 is 0 Å². The van der Waals surface area contributed by atoms with Gasteiger partial charge in [0, 0.05) is 19.1 Å². The topological polar surface area (TPSA) is 15.3 Å². The third-order valence-electron chi connectivity index (χ3n) is 4.99. The summed E-state index contributed by atoms with van der Waals surface area (Å²) in [5.41, 5.74) is 0. The summed E-state index contributed by atoms with van der Waals surface area (Å²) < 4.78 is 0. The second-order valence-electron chi connectivity index (χ2n) is 6.15. The van der Waals surface area contributed by atoms with Crippen LogP contribution < -0.4 is 5.32 Å². The Hall–Kier alpha value is -0.0800. The third-order valence-corrected chi connectivity index (χ3v) is 4.99. The van der Waals surface area contributed by atoms with Crippen molar-refractivity contribution in [2.75, 3.05) is 26.2 Å². The lowest BCUT2D eigenvalue weighted by molar-refractivity contribution is 0.298. The number of hydrogen-bond donors (Lipinski definition) is 1. The second kappa shape index (κ2) is 5.05. The van der Waals surface area contributed by atoms with Crippen LogP contribution >= 0.6 is 0 Å². The first-order chi connectivity index (χ1) is 7.92. The lowest BCUT2D eigenvalue weighted by Crippen LogP contribution is -2.26. The van der Waals surface area contributed by atoms with Crippen LogP contribution in [0.25, 0.3) is 0 Å². The van der Waals surface area contributed by atoms with Gasteiger partial charge in [-0.15, -0.1) is 0 Å². The van der Waals surface area contributed by atoms with E-state index < -0.39 is 0 Å². The molecule has 2 saturated heterocycles. The Kier molecular flexibility index (Phi) is 3.49. The Morgan fingerprint density at radius 1 is 1.00 bits per heavy atom. The standard InChI is InChI=1S/C14H26N2/c1-4-12-10-16(11-13(12)5-1)9-3-7-14-6-2-8-15-14/h12-15H,1-11H2. The molecule has 0 radical (unpaired) electrons. The van der Waals surface area contributed by atoms with Crippen LogP contribution in [0.1, 0.15) is 44.9 Å². The van der Waals surface area contributed by atoms with Gasteiger partial charge in [0.2, 0.25) is 0 Å². The summed E-state index contributed by atoms with van der Waals surface area (Å²) in [6.07, 6.45) is 10.2. The minimum Gasteiger partial charge on any atom is -0.314 e. The van der Waals surface area contributed by atoms with Gasteiger partial charge in [-0.25, -0.2) is 0 Å². The van der Waals surface area contributed by atoms with Gasteiger partial charge < -0.3 is 10.2 Å². The first-order valence-electron chi connectivity index (χ1n) is 7.37. The normalized spacial score (nSPS) is 39.4. The summed E-state index contributed by atoms with van der Waals surface area (Å²) in [6, 6.07) is 0.849. The van der Waals surface area contributed by atoms with Gasteiger partial charge in [0.1, 0.15) is 0 Å². The summed E-state index contributed by atoms with van der Waals surface area (Å²) in [5, 5.41) is 3.60. The number of rotatable bonds is 4. The molecule has 1 saturated carbocycles. The molecule has 0 aromatic heterocycles. The van der Waals surface area contributed by atoms with Crippen molar-refractivity contribution in [3.63, 3.8) is 0 Å². The van der Waals surface area contributed by atoms with Crippen molar-refractivity contribution in [2.24, 2.45) is 11.8 Å². The number of nitrogens with one attached hydrogen (secondary N) is 1. The van der Waals surface area contributed by atoms with E-state index in [1.54, 1.807) is 0 Å². The fourth-order valence-corrected chi connectivity index (χ4v) is 4.08. The maximum atomic E-state index is 3.60. The van der Waals surface area contributed by atoms with Crippen molar-refractivity contribution in [3.8, 4) is 0 Å². The monoisotopic (exact) mass is 222 g/mol. The highest BCUT2D eigenvalue weighted by Gasteiger charge is 2.35. The van der Waals surface area contributed by atoms with Gasteiger partial charge >= 0.3 is 0 Å². The maximum Gasteiger partial charge on any atom is 0.00680 e. The minimum atomic E-state index is 0.849. The Balaban J connectivity index is 1.33. The fraction of sp³-hybridized carbons (Fsp3) is 1.00. The molecule has 3 rings (SSSR count). The van der Waals surface area contributed by atoms with Crippen LogP contribution in [0.5, 0.6) is 0 Å². The highest BCUT2D eigenvalue weighted by atomic mass is 15.2. The van der Waals surface area contributed by atoms with Crippen molar-refractivity contribution in [3.05, 3.63) is 0 Å². The van der Waals surface area contributed by atoms with Crippen molar-refractivity contribution in [1.29, 1.82) is 0 Å². The molecule has 1 aliphatic carbocycles. The van der Waals surface area contributed by atoms with Crippen LogP contribution in [0, 0.1) is 11.8 Å². The Bertz CT molecular complexity index is 211. The van der Waals surface area contributed by atoms with Crippen LogP contribution in [0.4, 0.5) is 0 Å². The van der Waals surface area contributed by atoms with Gasteiger partial charge in [-0.05, 0) is 63.5 Å². The Morgan fingerprint density at radius 3 is 2.50 bits per heavy atom. The quantitative estimate of drug-likeness (QED) is 0.785. The van der Waals surface area contributed by atoms with Gasteiger partial charge in [-0.3, -0.25) is 0 Å². The molecule has 3 unspecified atom stereocenters. The number of likely N-dealkylation sites (tertiary alicyclic amines) is 1. The largest absolute Gasteiger partial charge is 0.314 e. The summed E-state index contributed by atoms with van der Waals surface area (Å²) in [7, 11) is 0. The average Bonchev–Trinajstić information content (AvgIpc) is 2.91. The van der Waals surface area contributed by atoms with Crippen molar-refractivity contribution < 1.29 is 0 Å². The molecule has 92 valence electrons. The molecule has 3 fully saturated rings. The SMILES string of the molecule is C1CNC(CCCN2CC3CCCC3C2)C1. The highest BCUT2D eigenvalue weighted by molar-refractivity contribution is 4.88. The molecule has 1 N–H and O–H groups in total. The third kappa shape index (κ3) is 2.43. The van der Waals surface area contributed by atoms with Crippen LogP contribution in [0.15, 0.2) is 0 Å². The lowest BCUT2D eigenvalue weighted by atomic mass is 10.0. The molecule has 0 aromatic rings. The molecule has 2 heterocycles. The molecular weight excluding hydrogens is 196 g/mol. The summed E-state index contributed by atoms with van der Waals surface area (Å²) >= 11 is 0. The molecule has 2 nitrogen and oxygen atoms in total. The first kappa shape index (κ1) is 11.0. The molecule has 3 atom stereocenters. The summed E-state index contributed by atoms with van der Waals surface area (Å²) in [6.45, 7) is 5.47. The van der Waals surface area contributed by atoms with E-state index in [1.165, 1.54) is 71.1 Å². The van der Waals surface area contributed by atoms with E-state index in [1.807, 2.05) is 0 Å². The van der Waals surface area contributed by atoms with Crippen LogP contribution in [0.3, 0.4) is 0 Å². The zero-order valence-electron chi connectivity index (χ0n) is 10.5. The van der Waals surface area contributed by atoms with Gasteiger partial charge in [0.05, 0.1) is 0 Å². The summed E-state index contributed by atoms with van der Waals surface area (Å²) in [5.74, 6) is 2.15. The van der Waals surface area contributed by atoms with E-state index in [0.717, 1.165) is 17.9 Å². The van der Waals surface area contributed by atoms with E-state index in [9.17, 15) is 0 Å². The average molecular weight is 222 g/mol. The van der Waals surface area contributed by atoms with Crippen LogP contribution in [-0.2, 0) is 0 Å². The second-order valence-corrected chi connectivity index (χ2v) is 6.15. The predicted octanol–water partition coefficient (Wildman–Crippen LogP) is 2.25. The molecule has 2 aliphatic heterocycles. The van der Waals surface area contributed by atoms with Gasteiger partial charge in [0.15, 0.2) is 0 Å². The van der Waals surface area contributed by atoms with Gasteiger partial charge in [-0.2, -0.15) is 0 Å². The zero-order valence-corrected chi connectivity index (χ0v) is 10.5. The van der Waals surface area contributed by atoms with Crippen molar-refractivity contribution in [1.82, 2.24) is 10.2 Å². The van der Waals surface area contributed by atoms with Crippen LogP contribution in [-0.4, -0.2) is 37.1 Å². The molecule has 16 heavy (non-hydrogen) atoms. The maximum absolute atomic E-state index is 3.60. The number of fused-ring (bicyclic) bond motifs is 1. The fourth-order valence-electron chi connectivity index (χ4n) is 4.08. The molecule has 3 aliphatic rings. The minimum absolute atomic E-state index is 0.849. The predicted molar refractivity (Wildman–Crippen MR) is 67.5 cm³/mol. The van der Waals surface area contributed by atoms with E-state index >= 15 is 0 Å². The molecular formula is C14H26N2. The number of nitrogens with zero attached hydrogens (tertiary/aromatic N) is 1. The molecule has 2 heteroatoms. The number of hydrogen-bond acceptors (Lipinski definition) is 2. The molecule has 0 aromatic carbocycles. The summed E-state index contributed by atoms with van der Waals surface area (Å²) in [4.78, 5) is 2.74. The zero-order chi connectivity index (χ0) is 10.8. The van der Waals surface area contributed by atoms with E-state index in [0.29, 0.717) is 0 Å². The Labute approximate surface area is 99.8 Å². The van der Waals surface area contributed by atoms with E-state index in [2.05, 4.69) is 10.2 Å². The Morgan fingerprint density at radius 2 is 1.81 bits per heavy atom. The highest BCUT2D eigenvalue weighted by Crippen LogP contribution is 2.37. The first-order valence-corrected chi connectivity index (χ1v) is 7.37. The lowest BCUT2D eigenvalue weighted by Gasteiger charge is -2.18. The molecule has 0 spiro atoms. The van der Waals surface area contributed by atoms with E-state index in [-0.39, 0.29) is 0 Å². The molecule has 0 bridgehead atoms. The van der Waals surface area contributed by atoms with E-state index in [4.69, 9.17) is 0 Å². The van der Waals surface area contributed by atoms with Crippen LogP contribution in [0.2, 0.25) is 0 Å².